The first-order valence-electron chi connectivity index (χ1n) is 14.1. The molecule has 10 heteroatoms. The Morgan fingerprint density at radius 2 is 1.34 bits per heavy atom. The van der Waals surface area contributed by atoms with Crippen LogP contribution in [0.1, 0.15) is 84.5 Å². The van der Waals surface area contributed by atoms with Crippen LogP contribution < -0.4 is 0 Å². The Kier molecular flexibility index (Phi) is 6.05. The summed E-state index contributed by atoms with van der Waals surface area (Å²) in [5, 5.41) is 22.7. The number of aliphatic hydroxyl groups is 2. The highest BCUT2D eigenvalue weighted by Crippen LogP contribution is 2.63. The lowest BCUT2D eigenvalue weighted by molar-refractivity contribution is -0.318. The number of ether oxygens (including phenoxy) is 4. The first-order chi connectivity index (χ1) is 17.6. The van der Waals surface area contributed by atoms with Crippen LogP contribution in [0.5, 0.6) is 0 Å². The van der Waals surface area contributed by atoms with Crippen LogP contribution in [0.2, 0.25) is 0 Å². The third-order valence-corrected chi connectivity index (χ3v) is 10.6. The highest BCUT2D eigenvalue weighted by Gasteiger charge is 2.69. The first-order valence-corrected chi connectivity index (χ1v) is 14.1. The molecule has 2 N–H and O–H groups in total. The highest BCUT2D eigenvalue weighted by molar-refractivity contribution is 5.76. The van der Waals surface area contributed by atoms with Gasteiger partial charge in [-0.05, 0) is 62.7 Å². The molecule has 0 saturated heterocycles. The van der Waals surface area contributed by atoms with Crippen molar-refractivity contribution < 1.29 is 47.5 Å². The number of carbonyl (C=O) groups is 2. The van der Waals surface area contributed by atoms with Crippen molar-refractivity contribution in [2.75, 3.05) is 19.8 Å². The molecule has 8 rings (SSSR count). The zero-order valence-corrected chi connectivity index (χ0v) is 22.3. The molecule has 0 aliphatic heterocycles. The average molecular weight is 543 g/mol. The van der Waals surface area contributed by atoms with E-state index in [1.807, 2.05) is 0 Å². The average Bonchev–Trinajstić information content (AvgIpc) is 2.75. The second-order valence-corrected chi connectivity index (χ2v) is 14.0. The molecule has 38 heavy (non-hydrogen) atoms. The van der Waals surface area contributed by atoms with E-state index in [9.17, 15) is 28.6 Å². The Labute approximate surface area is 221 Å². The van der Waals surface area contributed by atoms with Crippen LogP contribution in [-0.4, -0.2) is 75.9 Å². The quantitative estimate of drug-likeness (QED) is 0.337. The standard InChI is InChI=1S/C28H40F2O8/c1-23(19-6-17-5-18(8-19)9-20(23)7-17)38-21(31)10-37-28-14-25(33)11-26(34,15-28)13-27(12-25,16-28)36-4-3-35-22(32)24(2,29)30/h17-20,33-34H,3-16H2,1-2H3. The molecule has 8 bridgehead atoms. The second kappa shape index (κ2) is 8.57. The minimum Gasteiger partial charge on any atom is -0.459 e. The van der Waals surface area contributed by atoms with Gasteiger partial charge in [-0.1, -0.05) is 0 Å². The SMILES string of the molecule is CC(F)(F)C(=O)OCCOC12CC3(O)CC(O)(C1)CC(OCC(=O)OC1(C)C4CC5CC(C4)CC1C5)(C3)C2. The maximum absolute atomic E-state index is 13.1. The van der Waals surface area contributed by atoms with E-state index < -0.39 is 45.9 Å². The van der Waals surface area contributed by atoms with E-state index in [1.165, 1.54) is 6.42 Å². The van der Waals surface area contributed by atoms with Crippen LogP contribution in [0.4, 0.5) is 8.78 Å². The maximum Gasteiger partial charge on any atom is 0.376 e. The Hall–Kier alpha value is -1.36. The molecule has 8 fully saturated rings. The number of hydrogen-bond acceptors (Lipinski definition) is 8. The van der Waals surface area contributed by atoms with Gasteiger partial charge in [0.05, 0.1) is 29.0 Å². The van der Waals surface area contributed by atoms with E-state index in [1.54, 1.807) is 0 Å². The minimum absolute atomic E-state index is 0.158. The summed E-state index contributed by atoms with van der Waals surface area (Å²) in [7, 11) is 0. The fraction of sp³-hybridized carbons (Fsp3) is 0.929. The van der Waals surface area contributed by atoms with E-state index in [2.05, 4.69) is 11.7 Å². The van der Waals surface area contributed by atoms with Gasteiger partial charge in [0.2, 0.25) is 0 Å². The molecule has 2 atom stereocenters. The summed E-state index contributed by atoms with van der Waals surface area (Å²) in [5.74, 6) is -3.35. The van der Waals surface area contributed by atoms with E-state index in [0.29, 0.717) is 25.2 Å². The van der Waals surface area contributed by atoms with Crippen LogP contribution >= 0.6 is 0 Å². The predicted molar refractivity (Wildman–Crippen MR) is 128 cm³/mol. The molecule has 2 unspecified atom stereocenters. The van der Waals surface area contributed by atoms with Crippen molar-refractivity contribution in [1.82, 2.24) is 0 Å². The summed E-state index contributed by atoms with van der Waals surface area (Å²) in [6.07, 6.45) is 7.33. The van der Waals surface area contributed by atoms with Crippen LogP contribution in [0.3, 0.4) is 0 Å². The van der Waals surface area contributed by atoms with Gasteiger partial charge in [-0.25, -0.2) is 9.59 Å². The molecule has 0 spiro atoms. The topological polar surface area (TPSA) is 112 Å². The number of carbonyl (C=O) groups excluding carboxylic acids is 2. The second-order valence-electron chi connectivity index (χ2n) is 14.0. The summed E-state index contributed by atoms with van der Waals surface area (Å²) in [6, 6.07) is 0. The lowest BCUT2D eigenvalue weighted by atomic mass is 9.48. The molecule has 0 radical (unpaired) electrons. The lowest BCUT2D eigenvalue weighted by Gasteiger charge is -2.66. The van der Waals surface area contributed by atoms with Gasteiger partial charge in [-0.2, -0.15) is 8.78 Å². The Morgan fingerprint density at radius 3 is 1.87 bits per heavy atom. The third kappa shape index (κ3) is 4.67. The van der Waals surface area contributed by atoms with Crippen molar-refractivity contribution in [2.24, 2.45) is 23.7 Å². The van der Waals surface area contributed by atoms with E-state index >= 15 is 0 Å². The Morgan fingerprint density at radius 1 is 0.816 bits per heavy atom. The fourth-order valence-corrected chi connectivity index (χ4v) is 9.95. The van der Waals surface area contributed by atoms with E-state index in [4.69, 9.17) is 14.2 Å². The van der Waals surface area contributed by atoms with Crippen LogP contribution in [0, 0.1) is 23.7 Å². The van der Waals surface area contributed by atoms with Crippen LogP contribution in [0.15, 0.2) is 0 Å². The molecule has 8 nitrogen and oxygen atoms in total. The number of halogens is 2. The van der Waals surface area contributed by atoms with Crippen molar-refractivity contribution >= 4 is 11.9 Å². The van der Waals surface area contributed by atoms with Crippen molar-refractivity contribution in [2.45, 2.75) is 118 Å². The van der Waals surface area contributed by atoms with Gasteiger partial charge in [0.1, 0.15) is 18.8 Å². The zero-order chi connectivity index (χ0) is 27.2. The Balaban J connectivity index is 1.09. The van der Waals surface area contributed by atoms with Gasteiger partial charge in [0.15, 0.2) is 0 Å². The molecule has 0 amide bonds. The van der Waals surface area contributed by atoms with Gasteiger partial charge < -0.3 is 29.2 Å². The number of esters is 2. The van der Waals surface area contributed by atoms with Crippen LogP contribution in [0.25, 0.3) is 0 Å². The summed E-state index contributed by atoms with van der Waals surface area (Å²) < 4.78 is 49.2. The normalized spacial score (nSPS) is 48.4. The summed E-state index contributed by atoms with van der Waals surface area (Å²) in [4.78, 5) is 24.5. The molecular formula is C28H40F2O8. The summed E-state index contributed by atoms with van der Waals surface area (Å²) in [6.45, 7) is 1.75. The van der Waals surface area contributed by atoms with E-state index in [-0.39, 0.29) is 51.9 Å². The molecule has 0 aromatic rings. The first kappa shape index (κ1) is 26.8. The molecule has 8 saturated carbocycles. The number of alkyl halides is 2. The molecule has 8 aliphatic rings. The molecule has 8 aliphatic carbocycles. The largest absolute Gasteiger partial charge is 0.459 e. The summed E-state index contributed by atoms with van der Waals surface area (Å²) in [5.41, 5.74) is -4.91. The van der Waals surface area contributed by atoms with Gasteiger partial charge in [0.25, 0.3) is 0 Å². The zero-order valence-electron chi connectivity index (χ0n) is 22.3. The molecular weight excluding hydrogens is 502 g/mol. The molecule has 0 heterocycles. The summed E-state index contributed by atoms with van der Waals surface area (Å²) >= 11 is 0. The molecule has 214 valence electrons. The predicted octanol–water partition coefficient (Wildman–Crippen LogP) is 3.30. The van der Waals surface area contributed by atoms with Crippen molar-refractivity contribution in [1.29, 1.82) is 0 Å². The third-order valence-electron chi connectivity index (χ3n) is 10.6. The van der Waals surface area contributed by atoms with Gasteiger partial charge in [-0.15, -0.1) is 0 Å². The molecule has 0 aromatic carbocycles. The Bertz CT molecular complexity index is 946. The van der Waals surface area contributed by atoms with Crippen molar-refractivity contribution in [3.63, 3.8) is 0 Å². The fourth-order valence-electron chi connectivity index (χ4n) is 9.95. The smallest absolute Gasteiger partial charge is 0.376 e. The van der Waals surface area contributed by atoms with Gasteiger partial charge in [-0.3, -0.25) is 0 Å². The number of hydrogen-bond donors (Lipinski definition) is 2. The van der Waals surface area contributed by atoms with Gasteiger partial charge >= 0.3 is 17.9 Å². The molecule has 0 aromatic heterocycles. The minimum atomic E-state index is -3.59. The van der Waals surface area contributed by atoms with Crippen molar-refractivity contribution in [3.8, 4) is 0 Å². The highest BCUT2D eigenvalue weighted by atomic mass is 19.3. The number of rotatable bonds is 9. The van der Waals surface area contributed by atoms with Crippen molar-refractivity contribution in [3.05, 3.63) is 0 Å². The van der Waals surface area contributed by atoms with Gasteiger partial charge in [0, 0.05) is 45.4 Å². The lowest BCUT2D eigenvalue weighted by Crippen LogP contribution is -2.73. The van der Waals surface area contributed by atoms with E-state index in [0.717, 1.165) is 37.5 Å². The monoisotopic (exact) mass is 542 g/mol. The van der Waals surface area contributed by atoms with Crippen LogP contribution in [-0.2, 0) is 28.5 Å². The maximum atomic E-state index is 13.1.